The SMILES string of the molecule is O=C(NCCc1ccccc1)c1cccc(C(=O)N2CCOCC2)n1. The van der Waals surface area contributed by atoms with Gasteiger partial charge in [0.15, 0.2) is 0 Å². The number of nitrogens with one attached hydrogen (secondary N) is 1. The molecule has 1 aromatic carbocycles. The average Bonchev–Trinajstić information content (AvgIpc) is 2.69. The lowest BCUT2D eigenvalue weighted by molar-refractivity contribution is 0.0299. The highest BCUT2D eigenvalue weighted by Gasteiger charge is 2.20. The highest BCUT2D eigenvalue weighted by molar-refractivity contribution is 5.96. The van der Waals surface area contributed by atoms with Crippen LogP contribution in [0, 0.1) is 0 Å². The number of carbonyl (C=O) groups is 2. The summed E-state index contributed by atoms with van der Waals surface area (Å²) in [6.07, 6.45) is 0.749. The van der Waals surface area contributed by atoms with E-state index in [0.717, 1.165) is 12.0 Å². The molecule has 1 aliphatic heterocycles. The fourth-order valence-electron chi connectivity index (χ4n) is 2.66. The molecule has 1 aromatic heterocycles. The van der Waals surface area contributed by atoms with Crippen LogP contribution in [-0.2, 0) is 11.2 Å². The van der Waals surface area contributed by atoms with E-state index >= 15 is 0 Å². The van der Waals surface area contributed by atoms with Crippen LogP contribution in [-0.4, -0.2) is 54.5 Å². The van der Waals surface area contributed by atoms with Crippen LogP contribution < -0.4 is 5.32 Å². The molecule has 6 nitrogen and oxygen atoms in total. The first-order valence-electron chi connectivity index (χ1n) is 8.40. The normalized spacial score (nSPS) is 14.2. The minimum atomic E-state index is -0.271. The first kappa shape index (κ1) is 17.1. The zero-order valence-corrected chi connectivity index (χ0v) is 14.0. The van der Waals surface area contributed by atoms with Gasteiger partial charge in [-0.1, -0.05) is 36.4 Å². The van der Waals surface area contributed by atoms with E-state index in [0.29, 0.717) is 32.8 Å². The van der Waals surface area contributed by atoms with Gasteiger partial charge in [-0.2, -0.15) is 0 Å². The molecule has 0 aliphatic carbocycles. The second-order valence-corrected chi connectivity index (χ2v) is 5.80. The molecule has 2 aromatic rings. The number of ether oxygens (including phenoxy) is 1. The van der Waals surface area contributed by atoms with Crippen LogP contribution in [0.2, 0.25) is 0 Å². The maximum absolute atomic E-state index is 12.4. The largest absolute Gasteiger partial charge is 0.378 e. The summed E-state index contributed by atoms with van der Waals surface area (Å²) in [4.78, 5) is 30.6. The molecule has 0 radical (unpaired) electrons. The van der Waals surface area contributed by atoms with E-state index in [4.69, 9.17) is 4.74 Å². The van der Waals surface area contributed by atoms with Crippen LogP contribution in [0.4, 0.5) is 0 Å². The van der Waals surface area contributed by atoms with Gasteiger partial charge >= 0.3 is 0 Å². The van der Waals surface area contributed by atoms with E-state index in [1.807, 2.05) is 30.3 Å². The first-order chi connectivity index (χ1) is 12.2. The first-order valence-corrected chi connectivity index (χ1v) is 8.40. The number of rotatable bonds is 5. The van der Waals surface area contributed by atoms with Crippen molar-refractivity contribution in [1.29, 1.82) is 0 Å². The van der Waals surface area contributed by atoms with Crippen LogP contribution in [0.15, 0.2) is 48.5 Å². The van der Waals surface area contributed by atoms with Crippen molar-refractivity contribution in [2.75, 3.05) is 32.8 Å². The predicted molar refractivity (Wildman–Crippen MR) is 93.4 cm³/mol. The number of morpholine rings is 1. The molecule has 1 fully saturated rings. The Morgan fingerprint density at radius 1 is 1.00 bits per heavy atom. The van der Waals surface area contributed by atoms with Crippen molar-refractivity contribution in [3.05, 3.63) is 65.5 Å². The van der Waals surface area contributed by atoms with Crippen molar-refractivity contribution < 1.29 is 14.3 Å². The molecule has 0 atom stereocenters. The van der Waals surface area contributed by atoms with Gasteiger partial charge in [-0.25, -0.2) is 4.98 Å². The van der Waals surface area contributed by atoms with Crippen LogP contribution in [0.3, 0.4) is 0 Å². The lowest BCUT2D eigenvalue weighted by Crippen LogP contribution is -2.41. The molecule has 1 saturated heterocycles. The average molecular weight is 339 g/mol. The predicted octanol–water partition coefficient (Wildman–Crippen LogP) is 1.53. The topological polar surface area (TPSA) is 71.5 Å². The summed E-state index contributed by atoms with van der Waals surface area (Å²) in [5.41, 5.74) is 1.71. The van der Waals surface area contributed by atoms with Crippen molar-refractivity contribution in [1.82, 2.24) is 15.2 Å². The lowest BCUT2D eigenvalue weighted by atomic mass is 10.1. The van der Waals surface area contributed by atoms with Crippen LogP contribution in [0.25, 0.3) is 0 Å². The molecule has 0 spiro atoms. The number of pyridine rings is 1. The van der Waals surface area contributed by atoms with Crippen molar-refractivity contribution in [2.24, 2.45) is 0 Å². The zero-order chi connectivity index (χ0) is 17.5. The molecule has 130 valence electrons. The monoisotopic (exact) mass is 339 g/mol. The van der Waals surface area contributed by atoms with Gasteiger partial charge in [0, 0.05) is 19.6 Å². The van der Waals surface area contributed by atoms with Gasteiger partial charge in [-0.15, -0.1) is 0 Å². The van der Waals surface area contributed by atoms with E-state index in [2.05, 4.69) is 10.3 Å². The summed E-state index contributed by atoms with van der Waals surface area (Å²) in [5.74, 6) is -0.435. The number of nitrogens with zero attached hydrogens (tertiary/aromatic N) is 2. The van der Waals surface area contributed by atoms with Gasteiger partial charge in [-0.3, -0.25) is 9.59 Å². The lowest BCUT2D eigenvalue weighted by Gasteiger charge is -2.26. The van der Waals surface area contributed by atoms with Crippen LogP contribution >= 0.6 is 0 Å². The molecule has 1 aliphatic rings. The third-order valence-corrected chi connectivity index (χ3v) is 4.04. The standard InChI is InChI=1S/C19H21N3O3/c23-18(20-10-9-15-5-2-1-3-6-15)16-7-4-8-17(21-16)19(24)22-11-13-25-14-12-22/h1-8H,9-14H2,(H,20,23). The fraction of sp³-hybridized carbons (Fsp3) is 0.316. The number of aromatic nitrogens is 1. The summed E-state index contributed by atoms with van der Waals surface area (Å²) in [7, 11) is 0. The molecule has 1 N–H and O–H groups in total. The Balaban J connectivity index is 1.58. The van der Waals surface area contributed by atoms with Gasteiger partial charge in [0.05, 0.1) is 13.2 Å². The van der Waals surface area contributed by atoms with Gasteiger partial charge in [0.2, 0.25) is 0 Å². The second kappa shape index (κ2) is 8.39. The Labute approximate surface area is 146 Å². The van der Waals surface area contributed by atoms with E-state index < -0.39 is 0 Å². The summed E-state index contributed by atoms with van der Waals surface area (Å²) >= 11 is 0. The Bertz CT molecular complexity index is 728. The highest BCUT2D eigenvalue weighted by atomic mass is 16.5. The molecule has 6 heteroatoms. The fourth-order valence-corrected chi connectivity index (χ4v) is 2.66. The number of benzene rings is 1. The van der Waals surface area contributed by atoms with Gasteiger partial charge in [0.25, 0.3) is 11.8 Å². The molecule has 2 heterocycles. The molecular formula is C19H21N3O3. The van der Waals surface area contributed by atoms with E-state index in [9.17, 15) is 9.59 Å². The molecule has 0 saturated carbocycles. The number of hydrogen-bond donors (Lipinski definition) is 1. The van der Waals surface area contributed by atoms with Crippen LogP contribution in [0.1, 0.15) is 26.5 Å². The van der Waals surface area contributed by atoms with E-state index in [1.54, 1.807) is 23.1 Å². The third kappa shape index (κ3) is 4.64. The van der Waals surface area contributed by atoms with Crippen molar-refractivity contribution >= 4 is 11.8 Å². The van der Waals surface area contributed by atoms with Gasteiger partial charge in [0.1, 0.15) is 11.4 Å². The molecule has 3 rings (SSSR count). The minimum absolute atomic E-state index is 0.165. The molecule has 0 bridgehead atoms. The van der Waals surface area contributed by atoms with Crippen molar-refractivity contribution in [3.63, 3.8) is 0 Å². The maximum atomic E-state index is 12.4. The zero-order valence-electron chi connectivity index (χ0n) is 14.0. The van der Waals surface area contributed by atoms with Crippen molar-refractivity contribution in [2.45, 2.75) is 6.42 Å². The molecular weight excluding hydrogens is 318 g/mol. The quantitative estimate of drug-likeness (QED) is 0.897. The minimum Gasteiger partial charge on any atom is -0.378 e. The third-order valence-electron chi connectivity index (χ3n) is 4.04. The summed E-state index contributed by atoms with van der Waals surface area (Å²) < 4.78 is 5.25. The number of hydrogen-bond acceptors (Lipinski definition) is 4. The summed E-state index contributed by atoms with van der Waals surface area (Å²) in [5, 5.41) is 2.85. The molecule has 25 heavy (non-hydrogen) atoms. The van der Waals surface area contributed by atoms with Gasteiger partial charge < -0.3 is 15.0 Å². The Morgan fingerprint density at radius 3 is 2.48 bits per heavy atom. The van der Waals surface area contributed by atoms with Crippen LogP contribution in [0.5, 0.6) is 0 Å². The summed E-state index contributed by atoms with van der Waals surface area (Å²) in [6, 6.07) is 14.9. The van der Waals surface area contributed by atoms with E-state index in [-0.39, 0.29) is 23.2 Å². The Kier molecular flexibility index (Phi) is 5.74. The highest BCUT2D eigenvalue weighted by Crippen LogP contribution is 2.07. The smallest absolute Gasteiger partial charge is 0.272 e. The maximum Gasteiger partial charge on any atom is 0.272 e. The number of carbonyl (C=O) groups excluding carboxylic acids is 2. The number of amides is 2. The van der Waals surface area contributed by atoms with E-state index in [1.165, 1.54) is 0 Å². The van der Waals surface area contributed by atoms with Crippen molar-refractivity contribution in [3.8, 4) is 0 Å². The molecule has 2 amide bonds. The molecule has 0 unspecified atom stereocenters. The Hall–Kier alpha value is -2.73. The Morgan fingerprint density at radius 2 is 1.72 bits per heavy atom. The second-order valence-electron chi connectivity index (χ2n) is 5.80. The van der Waals surface area contributed by atoms with Gasteiger partial charge in [-0.05, 0) is 24.1 Å². The summed E-state index contributed by atoms with van der Waals surface area (Å²) in [6.45, 7) is 2.69.